The molecule has 0 radical (unpaired) electrons. The Balaban J connectivity index is 1.68. The number of ether oxygens (including phenoxy) is 1. The molecule has 136 valence electrons. The molecule has 0 bridgehead atoms. The Kier molecular flexibility index (Phi) is 5.33. The van der Waals surface area contributed by atoms with E-state index in [2.05, 4.69) is 23.7 Å². The van der Waals surface area contributed by atoms with Crippen LogP contribution in [0.3, 0.4) is 0 Å². The highest BCUT2D eigenvalue weighted by atomic mass is 16.5. The average Bonchev–Trinajstić information content (AvgIpc) is 3.04. The minimum atomic E-state index is 0.0159. The van der Waals surface area contributed by atoms with E-state index in [0.717, 1.165) is 42.6 Å². The summed E-state index contributed by atoms with van der Waals surface area (Å²) < 4.78 is 6.19. The van der Waals surface area contributed by atoms with Crippen molar-refractivity contribution in [3.05, 3.63) is 30.0 Å². The maximum absolute atomic E-state index is 12.3. The molecule has 2 aromatic rings. The molecule has 1 fully saturated rings. The summed E-state index contributed by atoms with van der Waals surface area (Å²) in [5, 5.41) is 1.02. The van der Waals surface area contributed by atoms with Crippen molar-refractivity contribution in [2.45, 2.75) is 45.8 Å². The molecule has 3 rings (SSSR count). The smallest absolute Gasteiger partial charge is 0.270 e. The molecule has 5 heteroatoms. The normalized spacial score (nSPS) is 16.5. The zero-order chi connectivity index (χ0) is 18.0. The van der Waals surface area contributed by atoms with Crippen LogP contribution in [0.1, 0.15) is 44.1 Å². The Morgan fingerprint density at radius 2 is 2.04 bits per heavy atom. The van der Waals surface area contributed by atoms with Crippen LogP contribution < -0.4 is 4.74 Å². The third-order valence-corrected chi connectivity index (χ3v) is 5.15. The molecule has 1 saturated heterocycles. The van der Waals surface area contributed by atoms with Crippen LogP contribution in [0.2, 0.25) is 0 Å². The number of rotatable bonds is 5. The average molecular weight is 343 g/mol. The van der Waals surface area contributed by atoms with Crippen molar-refractivity contribution in [2.75, 3.05) is 26.7 Å². The molecule has 1 aliphatic rings. The van der Waals surface area contributed by atoms with E-state index in [1.807, 2.05) is 38.2 Å². The van der Waals surface area contributed by atoms with Crippen molar-refractivity contribution in [3.63, 3.8) is 0 Å². The molecule has 25 heavy (non-hydrogen) atoms. The molecule has 0 aliphatic carbocycles. The molecule has 1 amide bonds. The highest BCUT2D eigenvalue weighted by molar-refractivity contribution is 5.98. The first-order valence-corrected chi connectivity index (χ1v) is 9.27. The first-order valence-electron chi connectivity index (χ1n) is 9.27. The van der Waals surface area contributed by atoms with Crippen LogP contribution >= 0.6 is 0 Å². The maximum Gasteiger partial charge on any atom is 0.270 e. The fourth-order valence-corrected chi connectivity index (χ4v) is 3.35. The highest BCUT2D eigenvalue weighted by Gasteiger charge is 2.22. The molecule has 1 aliphatic heterocycles. The van der Waals surface area contributed by atoms with Gasteiger partial charge in [0.15, 0.2) is 0 Å². The number of benzene rings is 1. The third-order valence-electron chi connectivity index (χ3n) is 5.15. The molecular weight excluding hydrogens is 314 g/mol. The maximum atomic E-state index is 12.3. The number of nitrogens with zero attached hydrogens (tertiary/aromatic N) is 2. The van der Waals surface area contributed by atoms with Crippen LogP contribution in [-0.4, -0.2) is 59.5 Å². The fourth-order valence-electron chi connectivity index (χ4n) is 3.35. The lowest BCUT2D eigenvalue weighted by Crippen LogP contribution is -2.41. The second-order valence-corrected chi connectivity index (χ2v) is 7.20. The monoisotopic (exact) mass is 343 g/mol. The summed E-state index contributed by atoms with van der Waals surface area (Å²) in [5.74, 6) is 0.902. The second-order valence-electron chi connectivity index (χ2n) is 7.20. The summed E-state index contributed by atoms with van der Waals surface area (Å²) in [6.07, 6.45) is 2.40. The molecule has 1 aromatic heterocycles. The summed E-state index contributed by atoms with van der Waals surface area (Å²) in [6, 6.07) is 8.54. The summed E-state index contributed by atoms with van der Waals surface area (Å²) in [4.78, 5) is 19.7. The molecule has 0 saturated carbocycles. The number of likely N-dealkylation sites (tertiary alicyclic amines) is 1. The van der Waals surface area contributed by atoms with Gasteiger partial charge < -0.3 is 19.5 Å². The Morgan fingerprint density at radius 1 is 1.32 bits per heavy atom. The van der Waals surface area contributed by atoms with Gasteiger partial charge in [-0.25, -0.2) is 0 Å². The van der Waals surface area contributed by atoms with Crippen LogP contribution in [0.4, 0.5) is 0 Å². The van der Waals surface area contributed by atoms with Crippen LogP contribution in [0.5, 0.6) is 5.75 Å². The number of nitrogens with one attached hydrogen (secondary N) is 1. The first kappa shape index (κ1) is 17.8. The number of H-pyrrole nitrogens is 1. The molecule has 1 aromatic carbocycles. The Hall–Kier alpha value is -2.01. The van der Waals surface area contributed by atoms with Gasteiger partial charge in [-0.15, -0.1) is 0 Å². The van der Waals surface area contributed by atoms with Gasteiger partial charge in [-0.05, 0) is 57.9 Å². The van der Waals surface area contributed by atoms with Crippen LogP contribution in [-0.2, 0) is 0 Å². The van der Waals surface area contributed by atoms with Gasteiger partial charge in [0, 0.05) is 43.6 Å². The van der Waals surface area contributed by atoms with E-state index in [1.165, 1.54) is 0 Å². The van der Waals surface area contributed by atoms with Gasteiger partial charge in [0.25, 0.3) is 5.91 Å². The fraction of sp³-hybridized carbons (Fsp3) is 0.550. The van der Waals surface area contributed by atoms with E-state index < -0.39 is 0 Å². The topological polar surface area (TPSA) is 48.6 Å². The van der Waals surface area contributed by atoms with Crippen molar-refractivity contribution < 1.29 is 9.53 Å². The standard InChI is InChI=1S/C20H29N3O2/c1-5-22(4)20(24)19-13-15-12-17(6-7-18(15)21-19)25-16-8-10-23(11-9-16)14(2)3/h6-7,12-14,16,21H,5,8-11H2,1-4H3. The number of piperidine rings is 1. The molecule has 2 heterocycles. The zero-order valence-corrected chi connectivity index (χ0v) is 15.7. The van der Waals surface area contributed by atoms with Gasteiger partial charge >= 0.3 is 0 Å². The minimum absolute atomic E-state index is 0.0159. The molecule has 0 atom stereocenters. The van der Waals surface area contributed by atoms with Gasteiger partial charge in [-0.1, -0.05) is 0 Å². The van der Waals surface area contributed by atoms with Crippen LogP contribution in [0.25, 0.3) is 10.9 Å². The molecule has 5 nitrogen and oxygen atoms in total. The van der Waals surface area contributed by atoms with Crippen LogP contribution in [0, 0.1) is 0 Å². The largest absolute Gasteiger partial charge is 0.490 e. The van der Waals surface area contributed by atoms with E-state index in [0.29, 0.717) is 18.3 Å². The quantitative estimate of drug-likeness (QED) is 0.904. The van der Waals surface area contributed by atoms with Crippen LogP contribution in [0.15, 0.2) is 24.3 Å². The van der Waals surface area contributed by atoms with Crippen molar-refractivity contribution >= 4 is 16.8 Å². The van der Waals surface area contributed by atoms with E-state index in [4.69, 9.17) is 4.74 Å². The second kappa shape index (κ2) is 7.48. The van der Waals surface area contributed by atoms with E-state index in [1.54, 1.807) is 4.90 Å². The minimum Gasteiger partial charge on any atom is -0.490 e. The lowest BCUT2D eigenvalue weighted by molar-refractivity contribution is 0.0797. The van der Waals surface area contributed by atoms with Gasteiger partial charge in [-0.3, -0.25) is 4.79 Å². The Morgan fingerprint density at radius 3 is 2.68 bits per heavy atom. The molecular formula is C20H29N3O2. The number of carbonyl (C=O) groups is 1. The molecule has 0 unspecified atom stereocenters. The summed E-state index contributed by atoms with van der Waals surface area (Å²) in [5.41, 5.74) is 1.59. The number of aromatic nitrogens is 1. The number of aromatic amines is 1. The third kappa shape index (κ3) is 3.98. The number of hydrogen-bond donors (Lipinski definition) is 1. The Bertz CT molecular complexity index is 730. The first-order chi connectivity index (χ1) is 12.0. The molecule has 0 spiro atoms. The van der Waals surface area contributed by atoms with Crippen molar-refractivity contribution in [3.8, 4) is 5.75 Å². The highest BCUT2D eigenvalue weighted by Crippen LogP contribution is 2.25. The number of fused-ring (bicyclic) bond motifs is 1. The van der Waals surface area contributed by atoms with E-state index in [9.17, 15) is 4.79 Å². The number of amides is 1. The lowest BCUT2D eigenvalue weighted by atomic mass is 10.1. The van der Waals surface area contributed by atoms with Gasteiger partial charge in [-0.2, -0.15) is 0 Å². The predicted octanol–water partition coefficient (Wildman–Crippen LogP) is 3.51. The van der Waals surface area contributed by atoms with Crippen molar-refractivity contribution in [1.82, 2.24) is 14.8 Å². The summed E-state index contributed by atoms with van der Waals surface area (Å²) >= 11 is 0. The van der Waals surface area contributed by atoms with E-state index in [-0.39, 0.29) is 12.0 Å². The predicted molar refractivity (Wildman–Crippen MR) is 101 cm³/mol. The van der Waals surface area contributed by atoms with Crippen molar-refractivity contribution in [2.24, 2.45) is 0 Å². The SMILES string of the molecule is CCN(C)C(=O)c1cc2cc(OC3CCN(C(C)C)CC3)ccc2[nH]1. The van der Waals surface area contributed by atoms with Gasteiger partial charge in [0.05, 0.1) is 0 Å². The Labute approximate surface area is 149 Å². The lowest BCUT2D eigenvalue weighted by Gasteiger charge is -2.34. The van der Waals surface area contributed by atoms with E-state index >= 15 is 0 Å². The zero-order valence-electron chi connectivity index (χ0n) is 15.7. The number of hydrogen-bond acceptors (Lipinski definition) is 3. The number of carbonyl (C=O) groups excluding carboxylic acids is 1. The summed E-state index contributed by atoms with van der Waals surface area (Å²) in [6.45, 7) is 9.34. The summed E-state index contributed by atoms with van der Waals surface area (Å²) in [7, 11) is 1.81. The van der Waals surface area contributed by atoms with Gasteiger partial charge in [0.1, 0.15) is 17.5 Å². The van der Waals surface area contributed by atoms with Crippen molar-refractivity contribution in [1.29, 1.82) is 0 Å². The molecule has 1 N–H and O–H groups in total. The van der Waals surface area contributed by atoms with Gasteiger partial charge in [0.2, 0.25) is 0 Å².